The molecule has 3 aromatic carbocycles. The van der Waals surface area contributed by atoms with Gasteiger partial charge in [-0.3, -0.25) is 20.2 Å². The Kier molecular flexibility index (Phi) is 9.52. The van der Waals surface area contributed by atoms with Crippen molar-refractivity contribution in [2.24, 2.45) is 5.92 Å². The molecule has 5 rings (SSSR count). The van der Waals surface area contributed by atoms with E-state index >= 15 is 0 Å². The minimum Gasteiger partial charge on any atom is -0.497 e. The number of ether oxygens (including phenoxy) is 3. The zero-order valence-corrected chi connectivity index (χ0v) is 25.6. The van der Waals surface area contributed by atoms with E-state index in [0.29, 0.717) is 58.6 Å². The number of carbonyl (C=O) groups is 2. The van der Waals surface area contributed by atoms with E-state index in [9.17, 15) is 25.0 Å². The van der Waals surface area contributed by atoms with E-state index in [-0.39, 0.29) is 22.7 Å². The molecule has 1 unspecified atom stereocenters. The highest BCUT2D eigenvalue weighted by molar-refractivity contribution is 5.98. The molecule has 0 bridgehead atoms. The van der Waals surface area contributed by atoms with Gasteiger partial charge in [0.2, 0.25) is 5.88 Å². The maximum atomic E-state index is 12.9. The SMILES string of the molecule is COc1ccc(-c2oc(NC(=O)COC(=O)c3ccc(N4CCCC(C)C4)c([N+](=O)[O-])c3)c(C#N)c2-c2ccc(OC)cc2)cc1. The lowest BCUT2D eigenvalue weighted by Gasteiger charge is -2.32. The highest BCUT2D eigenvalue weighted by atomic mass is 16.6. The summed E-state index contributed by atoms with van der Waals surface area (Å²) in [4.78, 5) is 39.1. The first kappa shape index (κ1) is 31.6. The summed E-state index contributed by atoms with van der Waals surface area (Å²) in [7, 11) is 3.09. The van der Waals surface area contributed by atoms with E-state index in [2.05, 4.69) is 18.3 Å². The van der Waals surface area contributed by atoms with Gasteiger partial charge in [0.1, 0.15) is 34.6 Å². The number of benzene rings is 3. The van der Waals surface area contributed by atoms with Crippen LogP contribution in [-0.2, 0) is 9.53 Å². The molecule has 2 heterocycles. The van der Waals surface area contributed by atoms with Gasteiger partial charge in [0, 0.05) is 30.3 Å². The van der Waals surface area contributed by atoms with Crippen molar-refractivity contribution < 1.29 is 33.1 Å². The summed E-state index contributed by atoms with van der Waals surface area (Å²) < 4.78 is 21.7. The van der Waals surface area contributed by atoms with Crippen molar-refractivity contribution in [3.8, 4) is 40.0 Å². The molecule has 12 heteroatoms. The Labute approximate surface area is 265 Å². The van der Waals surface area contributed by atoms with Crippen LogP contribution in [0.3, 0.4) is 0 Å². The summed E-state index contributed by atoms with van der Waals surface area (Å²) in [5.41, 5.74) is 1.94. The third-order valence-electron chi connectivity index (χ3n) is 7.74. The normalized spacial score (nSPS) is 14.2. The van der Waals surface area contributed by atoms with Crippen molar-refractivity contribution in [2.75, 3.05) is 44.1 Å². The van der Waals surface area contributed by atoms with Crippen molar-refractivity contribution >= 4 is 29.1 Å². The highest BCUT2D eigenvalue weighted by Gasteiger charge is 2.27. The molecule has 0 spiro atoms. The summed E-state index contributed by atoms with van der Waals surface area (Å²) in [5.74, 6) is 0.158. The number of nitro groups is 1. The molecule has 4 aromatic rings. The fourth-order valence-corrected chi connectivity index (χ4v) is 5.45. The Morgan fingerprint density at radius 2 is 1.70 bits per heavy atom. The Morgan fingerprint density at radius 3 is 2.28 bits per heavy atom. The maximum Gasteiger partial charge on any atom is 0.338 e. The first-order chi connectivity index (χ1) is 22.2. The van der Waals surface area contributed by atoms with E-state index in [1.165, 1.54) is 12.1 Å². The average molecular weight is 625 g/mol. The van der Waals surface area contributed by atoms with Gasteiger partial charge in [0.25, 0.3) is 11.6 Å². The molecule has 0 aliphatic carbocycles. The van der Waals surface area contributed by atoms with Crippen LogP contribution in [0.5, 0.6) is 11.5 Å². The van der Waals surface area contributed by atoms with Gasteiger partial charge in [-0.15, -0.1) is 0 Å². The minimum absolute atomic E-state index is 0.0624. The van der Waals surface area contributed by atoms with Gasteiger partial charge in [0.05, 0.1) is 24.7 Å². The monoisotopic (exact) mass is 624 g/mol. The van der Waals surface area contributed by atoms with Gasteiger partial charge in [-0.2, -0.15) is 5.26 Å². The molecule has 1 fully saturated rings. The molecular formula is C34H32N4O8. The number of rotatable bonds is 10. The van der Waals surface area contributed by atoms with Crippen LogP contribution in [0, 0.1) is 27.4 Å². The van der Waals surface area contributed by atoms with E-state index in [4.69, 9.17) is 18.6 Å². The van der Waals surface area contributed by atoms with Crippen LogP contribution in [0.25, 0.3) is 22.5 Å². The van der Waals surface area contributed by atoms with E-state index < -0.39 is 23.4 Å². The summed E-state index contributed by atoms with van der Waals surface area (Å²) in [6.07, 6.45) is 1.97. The van der Waals surface area contributed by atoms with Gasteiger partial charge < -0.3 is 23.5 Å². The zero-order valence-electron chi connectivity index (χ0n) is 25.6. The second kappa shape index (κ2) is 13.9. The summed E-state index contributed by atoms with van der Waals surface area (Å²) in [6.45, 7) is 2.74. The topological polar surface area (TPSA) is 157 Å². The average Bonchev–Trinajstić information content (AvgIpc) is 3.44. The second-order valence-electron chi connectivity index (χ2n) is 10.9. The van der Waals surface area contributed by atoms with Gasteiger partial charge in [-0.05, 0) is 72.9 Å². The van der Waals surface area contributed by atoms with Crippen LogP contribution in [0.4, 0.5) is 17.3 Å². The quantitative estimate of drug-likeness (QED) is 0.118. The van der Waals surface area contributed by atoms with Gasteiger partial charge in [-0.25, -0.2) is 4.79 Å². The predicted octanol–water partition coefficient (Wildman–Crippen LogP) is 6.44. The maximum absolute atomic E-state index is 12.9. The number of nitrogens with one attached hydrogen (secondary N) is 1. The largest absolute Gasteiger partial charge is 0.497 e. The lowest BCUT2D eigenvalue weighted by atomic mass is 9.98. The molecule has 1 aromatic heterocycles. The first-order valence-electron chi connectivity index (χ1n) is 14.6. The number of amides is 1. The molecule has 46 heavy (non-hydrogen) atoms. The predicted molar refractivity (Wildman–Crippen MR) is 170 cm³/mol. The Bertz CT molecular complexity index is 1790. The first-order valence-corrected chi connectivity index (χ1v) is 14.6. The van der Waals surface area contributed by atoms with Crippen molar-refractivity contribution in [3.05, 3.63) is 88.0 Å². The molecule has 12 nitrogen and oxygen atoms in total. The Balaban J connectivity index is 1.36. The smallest absolute Gasteiger partial charge is 0.338 e. The third-order valence-corrected chi connectivity index (χ3v) is 7.74. The van der Waals surface area contributed by atoms with Crippen LogP contribution >= 0.6 is 0 Å². The molecule has 0 radical (unpaired) electrons. The van der Waals surface area contributed by atoms with Crippen LogP contribution < -0.4 is 19.7 Å². The molecule has 1 saturated heterocycles. The Hall–Kier alpha value is -5.83. The summed E-state index contributed by atoms with van der Waals surface area (Å²) in [6, 6.07) is 20.3. The summed E-state index contributed by atoms with van der Waals surface area (Å²) >= 11 is 0. The van der Waals surface area contributed by atoms with Crippen molar-refractivity contribution in [3.63, 3.8) is 0 Å². The van der Waals surface area contributed by atoms with Crippen molar-refractivity contribution in [1.82, 2.24) is 0 Å². The van der Waals surface area contributed by atoms with Crippen molar-refractivity contribution in [2.45, 2.75) is 19.8 Å². The van der Waals surface area contributed by atoms with Gasteiger partial charge in [-0.1, -0.05) is 19.1 Å². The number of hydrogen-bond donors (Lipinski definition) is 1. The number of methoxy groups -OCH3 is 2. The molecule has 1 atom stereocenters. The highest BCUT2D eigenvalue weighted by Crippen LogP contribution is 2.42. The van der Waals surface area contributed by atoms with E-state index in [0.717, 1.165) is 18.9 Å². The number of hydrogen-bond acceptors (Lipinski definition) is 10. The number of esters is 1. The minimum atomic E-state index is -0.908. The fourth-order valence-electron chi connectivity index (χ4n) is 5.45. The molecular weight excluding hydrogens is 592 g/mol. The molecule has 1 aliphatic rings. The van der Waals surface area contributed by atoms with Crippen molar-refractivity contribution in [1.29, 1.82) is 5.26 Å². The number of nitro benzene ring substituents is 1. The molecule has 0 saturated carbocycles. The third kappa shape index (κ3) is 6.78. The lowest BCUT2D eigenvalue weighted by Crippen LogP contribution is -2.34. The number of carbonyl (C=O) groups excluding carboxylic acids is 2. The van der Waals surface area contributed by atoms with Crippen LogP contribution in [0.1, 0.15) is 35.7 Å². The number of anilines is 2. The van der Waals surface area contributed by atoms with Gasteiger partial charge in [0.15, 0.2) is 6.61 Å². The van der Waals surface area contributed by atoms with E-state index in [1.54, 1.807) is 62.8 Å². The number of nitriles is 1. The number of nitrogens with zero attached hydrogens (tertiary/aromatic N) is 3. The molecule has 236 valence electrons. The number of piperidine rings is 1. The number of furan rings is 1. The van der Waals surface area contributed by atoms with Crippen LogP contribution in [0.2, 0.25) is 0 Å². The van der Waals surface area contributed by atoms with E-state index in [1.807, 2.05) is 4.90 Å². The molecule has 1 amide bonds. The second-order valence-corrected chi connectivity index (χ2v) is 10.9. The fraction of sp³-hybridized carbons (Fsp3) is 0.265. The molecule has 1 N–H and O–H groups in total. The van der Waals surface area contributed by atoms with Crippen LogP contribution in [-0.4, -0.2) is 50.7 Å². The lowest BCUT2D eigenvalue weighted by molar-refractivity contribution is -0.384. The van der Waals surface area contributed by atoms with Gasteiger partial charge >= 0.3 is 5.97 Å². The summed E-state index contributed by atoms with van der Waals surface area (Å²) in [5, 5.41) is 24.5. The zero-order chi connectivity index (χ0) is 32.8. The standard InChI is InChI=1S/C34H32N4O8/c1-21-5-4-16-37(19-21)28-15-10-24(17-29(28)38(41)42)34(40)45-20-30(39)36-33-27(18-35)31(22-6-11-25(43-2)12-7-22)32(46-33)23-8-13-26(44-3)14-9-23/h6-15,17,21H,4-5,16,19-20H2,1-3H3,(H,36,39). The van der Waals surface area contributed by atoms with Crippen LogP contribution in [0.15, 0.2) is 71.1 Å². The molecule has 1 aliphatic heterocycles. The Morgan fingerprint density at radius 1 is 1.04 bits per heavy atom.